The second-order valence-electron chi connectivity index (χ2n) is 3.68. The third-order valence-electron chi connectivity index (χ3n) is 2.60. The zero-order valence-electron chi connectivity index (χ0n) is 10.2. The summed E-state index contributed by atoms with van der Waals surface area (Å²) in [7, 11) is 3.61. The first kappa shape index (κ1) is 11.8. The Hall–Kier alpha value is -1.68. The summed E-state index contributed by atoms with van der Waals surface area (Å²) in [4.78, 5) is 0. The molecular weight excluding hydrogens is 232 g/mol. The monoisotopic (exact) mass is 248 g/mol. The van der Waals surface area contributed by atoms with Gasteiger partial charge in [0.1, 0.15) is 5.75 Å². The fourth-order valence-corrected chi connectivity index (χ4v) is 2.21. The highest BCUT2D eigenvalue weighted by Gasteiger charge is 2.07. The molecule has 1 heterocycles. The van der Waals surface area contributed by atoms with E-state index in [-0.39, 0.29) is 0 Å². The fraction of sp³-hybridized carbons (Fsp3) is 0.231. The predicted octanol–water partition coefficient (Wildman–Crippen LogP) is 3.04. The van der Waals surface area contributed by atoms with Gasteiger partial charge in [0.15, 0.2) is 0 Å². The van der Waals surface area contributed by atoms with Gasteiger partial charge in [-0.3, -0.25) is 3.96 Å². The largest absolute Gasteiger partial charge is 0.496 e. The van der Waals surface area contributed by atoms with Crippen LogP contribution in [0.4, 0.5) is 0 Å². The lowest BCUT2D eigenvalue weighted by Gasteiger charge is -2.14. The lowest BCUT2D eigenvalue weighted by atomic mass is 10.1. The average molecular weight is 248 g/mol. The zero-order valence-corrected chi connectivity index (χ0v) is 11.0. The van der Waals surface area contributed by atoms with E-state index in [1.807, 2.05) is 31.3 Å². The van der Waals surface area contributed by atoms with Crippen LogP contribution in [0.5, 0.6) is 5.75 Å². The van der Waals surface area contributed by atoms with Crippen LogP contribution in [-0.4, -0.2) is 18.1 Å². The fourth-order valence-electron chi connectivity index (χ4n) is 1.60. The van der Waals surface area contributed by atoms with E-state index in [1.54, 1.807) is 18.6 Å². The molecule has 2 rings (SSSR count). The molecule has 0 fully saturated rings. The number of nitrogens with zero attached hydrogens (tertiary/aromatic N) is 1. The molecule has 0 amide bonds. The molecule has 0 aliphatic rings. The van der Waals surface area contributed by atoms with Gasteiger partial charge < -0.3 is 10.1 Å². The van der Waals surface area contributed by atoms with Crippen molar-refractivity contribution in [3.8, 4) is 5.75 Å². The Morgan fingerprint density at radius 3 is 2.71 bits per heavy atom. The molecule has 1 N–H and O–H groups in total. The Morgan fingerprint density at radius 1 is 1.41 bits per heavy atom. The van der Waals surface area contributed by atoms with Crippen molar-refractivity contribution >= 4 is 23.4 Å². The molecule has 0 aliphatic carbocycles. The van der Waals surface area contributed by atoms with Gasteiger partial charge in [-0.2, -0.15) is 0 Å². The van der Waals surface area contributed by atoms with E-state index in [0.29, 0.717) is 0 Å². The first-order valence-corrected chi connectivity index (χ1v) is 6.25. The van der Waals surface area contributed by atoms with Crippen molar-refractivity contribution in [2.75, 3.05) is 14.2 Å². The average Bonchev–Trinajstić information content (AvgIpc) is 2.38. The number of benzene rings is 1. The molecule has 0 aliphatic heterocycles. The van der Waals surface area contributed by atoms with Crippen LogP contribution in [0, 0.1) is 6.92 Å². The maximum atomic E-state index is 5.37. The summed E-state index contributed by atoms with van der Waals surface area (Å²) in [5.41, 5.74) is 3.36. The third kappa shape index (κ3) is 2.36. The van der Waals surface area contributed by atoms with Crippen LogP contribution >= 0.6 is 11.5 Å². The van der Waals surface area contributed by atoms with Crippen molar-refractivity contribution in [2.24, 2.45) is 0 Å². The van der Waals surface area contributed by atoms with Crippen molar-refractivity contribution in [3.05, 3.63) is 40.9 Å². The van der Waals surface area contributed by atoms with Crippen molar-refractivity contribution < 1.29 is 4.74 Å². The molecule has 17 heavy (non-hydrogen) atoms. The second-order valence-corrected chi connectivity index (χ2v) is 4.52. The molecule has 2 aromatic rings. The Bertz CT molecular complexity index is 525. The Kier molecular flexibility index (Phi) is 3.54. The predicted molar refractivity (Wildman–Crippen MR) is 73.3 cm³/mol. The summed E-state index contributed by atoms with van der Waals surface area (Å²) in [5.74, 6) is 0.875. The molecular formula is C13H16N2OS. The molecule has 0 radical (unpaired) electrons. The van der Waals surface area contributed by atoms with Gasteiger partial charge in [0.05, 0.1) is 12.8 Å². The quantitative estimate of drug-likeness (QED) is 0.900. The van der Waals surface area contributed by atoms with Crippen LogP contribution in [-0.2, 0) is 0 Å². The van der Waals surface area contributed by atoms with E-state index in [1.165, 1.54) is 5.69 Å². The lowest BCUT2D eigenvalue weighted by molar-refractivity contribution is 0.413. The third-order valence-corrected chi connectivity index (χ3v) is 3.66. The molecule has 0 atom stereocenters. The number of aromatic nitrogens is 1. The van der Waals surface area contributed by atoms with E-state index < -0.39 is 0 Å². The Balaban J connectivity index is 2.40. The first-order valence-electron chi connectivity index (χ1n) is 5.42. The summed E-state index contributed by atoms with van der Waals surface area (Å²) in [6, 6.07) is 7.99. The number of hydrogen-bond donors (Lipinski definition) is 1. The molecule has 0 spiro atoms. The van der Waals surface area contributed by atoms with E-state index >= 15 is 0 Å². The van der Waals surface area contributed by atoms with Gasteiger partial charge in [-0.25, -0.2) is 0 Å². The van der Waals surface area contributed by atoms with E-state index in [4.69, 9.17) is 4.74 Å². The number of para-hydroxylation sites is 1. The van der Waals surface area contributed by atoms with Crippen LogP contribution in [0.15, 0.2) is 29.6 Å². The number of hydrogen-bond acceptors (Lipinski definition) is 3. The minimum atomic E-state index is 0.875. The van der Waals surface area contributed by atoms with Crippen LogP contribution in [0.2, 0.25) is 0 Å². The second kappa shape index (κ2) is 5.10. The molecule has 0 saturated carbocycles. The minimum absolute atomic E-state index is 0.875. The van der Waals surface area contributed by atoms with Gasteiger partial charge in [0.25, 0.3) is 0 Å². The van der Waals surface area contributed by atoms with Crippen LogP contribution in [0.3, 0.4) is 0 Å². The molecule has 0 saturated heterocycles. The maximum absolute atomic E-state index is 5.37. The molecule has 4 heteroatoms. The Morgan fingerprint density at radius 2 is 2.18 bits per heavy atom. The highest BCUT2D eigenvalue weighted by molar-refractivity contribution is 7.06. The minimum Gasteiger partial charge on any atom is -0.496 e. The van der Waals surface area contributed by atoms with Gasteiger partial charge in [-0.05, 0) is 19.1 Å². The zero-order chi connectivity index (χ0) is 12.3. The number of aryl methyl sites for hydroxylation is 1. The highest BCUT2D eigenvalue weighted by atomic mass is 32.1. The summed E-state index contributed by atoms with van der Waals surface area (Å²) in [5, 5.41) is 5.33. The van der Waals surface area contributed by atoms with Crippen LogP contribution in [0.25, 0.3) is 11.9 Å². The smallest absolute Gasteiger partial charge is 0.128 e. The molecule has 1 aromatic heterocycles. The van der Waals surface area contributed by atoms with Crippen molar-refractivity contribution in [2.45, 2.75) is 6.92 Å². The molecule has 1 aromatic carbocycles. The number of rotatable bonds is 4. The van der Waals surface area contributed by atoms with Gasteiger partial charge in [-0.1, -0.05) is 23.7 Å². The summed E-state index contributed by atoms with van der Waals surface area (Å²) >= 11 is 1.68. The van der Waals surface area contributed by atoms with E-state index in [2.05, 4.69) is 27.8 Å². The van der Waals surface area contributed by atoms with Crippen molar-refractivity contribution in [1.29, 1.82) is 0 Å². The van der Waals surface area contributed by atoms with E-state index in [0.717, 1.165) is 17.0 Å². The number of methoxy groups -OCH3 is 1. The SMILES string of the molecule is CN/C(=C\n1scc1C)c1ccccc1OC. The molecule has 90 valence electrons. The molecule has 3 nitrogen and oxygen atoms in total. The van der Waals surface area contributed by atoms with Crippen LogP contribution < -0.4 is 10.1 Å². The van der Waals surface area contributed by atoms with Gasteiger partial charge in [-0.15, -0.1) is 0 Å². The number of ether oxygens (including phenoxy) is 1. The van der Waals surface area contributed by atoms with Crippen molar-refractivity contribution in [3.63, 3.8) is 0 Å². The topological polar surface area (TPSA) is 26.2 Å². The van der Waals surface area contributed by atoms with E-state index in [9.17, 15) is 0 Å². The molecule has 0 unspecified atom stereocenters. The van der Waals surface area contributed by atoms with Gasteiger partial charge in [0, 0.05) is 29.9 Å². The lowest BCUT2D eigenvalue weighted by Crippen LogP contribution is -2.08. The van der Waals surface area contributed by atoms with Gasteiger partial charge in [0.2, 0.25) is 0 Å². The first-order chi connectivity index (χ1) is 8.26. The highest BCUT2D eigenvalue weighted by Crippen LogP contribution is 2.25. The summed E-state index contributed by atoms with van der Waals surface area (Å²) in [6.45, 7) is 2.09. The number of nitrogens with one attached hydrogen (secondary N) is 1. The van der Waals surface area contributed by atoms with Crippen LogP contribution in [0.1, 0.15) is 11.3 Å². The summed E-state index contributed by atoms with van der Waals surface area (Å²) in [6.07, 6.45) is 2.08. The summed E-state index contributed by atoms with van der Waals surface area (Å²) < 4.78 is 7.49. The maximum Gasteiger partial charge on any atom is 0.128 e. The van der Waals surface area contributed by atoms with Gasteiger partial charge >= 0.3 is 0 Å². The Labute approximate surface area is 105 Å². The normalized spacial score (nSPS) is 11.6. The molecule has 0 bridgehead atoms. The van der Waals surface area contributed by atoms with Crippen molar-refractivity contribution in [1.82, 2.24) is 9.27 Å². The standard InChI is InChI=1S/C13H16N2OS/c1-10-9-17-15(10)8-12(14-2)11-6-4-5-7-13(11)16-3/h4-9,14H,1-3H3/b12-8-.